The lowest BCUT2D eigenvalue weighted by Crippen LogP contribution is -2.12. The Kier molecular flexibility index (Phi) is 2.84. The largest absolute Gasteiger partial charge is 0.481 e. The Labute approximate surface area is 76.4 Å². The van der Waals surface area contributed by atoms with Crippen molar-refractivity contribution in [3.05, 3.63) is 24.0 Å². The molecule has 0 aliphatic heterocycles. The van der Waals surface area contributed by atoms with Gasteiger partial charge in [0.05, 0.1) is 11.6 Å². The number of rotatable bonds is 3. The molecule has 0 radical (unpaired) electrons. The first-order valence-corrected chi connectivity index (χ1v) is 4.02. The van der Waals surface area contributed by atoms with Gasteiger partial charge < -0.3 is 10.8 Å². The van der Waals surface area contributed by atoms with Crippen molar-refractivity contribution in [3.8, 4) is 0 Å². The number of carboxylic acid groups (broad SMARTS) is 1. The number of carbonyl (C=O) groups is 1. The number of aromatic nitrogens is 1. The van der Waals surface area contributed by atoms with E-state index in [0.717, 1.165) is 5.56 Å². The van der Waals surface area contributed by atoms with Crippen LogP contribution < -0.4 is 5.73 Å². The average Bonchev–Trinajstić information content (AvgIpc) is 2.04. The number of pyridine rings is 1. The lowest BCUT2D eigenvalue weighted by molar-refractivity contribution is -0.141. The molecule has 1 aromatic rings. The van der Waals surface area contributed by atoms with Crippen LogP contribution in [0.25, 0.3) is 0 Å². The first-order chi connectivity index (χ1) is 6.09. The molecule has 0 amide bonds. The third-order valence-electron chi connectivity index (χ3n) is 1.78. The molecule has 0 fully saturated rings. The quantitative estimate of drug-likeness (QED) is 0.725. The second-order valence-electron chi connectivity index (χ2n) is 3.07. The molecule has 1 aromatic heterocycles. The highest BCUT2D eigenvalue weighted by Gasteiger charge is 2.11. The zero-order chi connectivity index (χ0) is 9.84. The van der Waals surface area contributed by atoms with Gasteiger partial charge in [-0.05, 0) is 18.1 Å². The summed E-state index contributed by atoms with van der Waals surface area (Å²) in [7, 11) is 0. The van der Waals surface area contributed by atoms with Gasteiger partial charge in [0.25, 0.3) is 0 Å². The molecule has 1 heterocycles. The Bertz CT molecular complexity index is 312. The third-order valence-corrected chi connectivity index (χ3v) is 1.78. The van der Waals surface area contributed by atoms with Crippen LogP contribution in [-0.4, -0.2) is 16.1 Å². The summed E-state index contributed by atoms with van der Waals surface area (Å²) in [4.78, 5) is 14.4. The zero-order valence-corrected chi connectivity index (χ0v) is 7.40. The van der Waals surface area contributed by atoms with Gasteiger partial charge in [0.2, 0.25) is 0 Å². The van der Waals surface area contributed by atoms with Crippen molar-refractivity contribution in [1.82, 2.24) is 4.98 Å². The molecule has 0 saturated heterocycles. The second-order valence-corrected chi connectivity index (χ2v) is 3.07. The molecule has 0 spiro atoms. The van der Waals surface area contributed by atoms with Gasteiger partial charge in [-0.15, -0.1) is 0 Å². The van der Waals surface area contributed by atoms with Gasteiger partial charge in [-0.1, -0.05) is 6.92 Å². The van der Waals surface area contributed by atoms with E-state index in [0.29, 0.717) is 12.1 Å². The van der Waals surface area contributed by atoms with Crippen molar-refractivity contribution in [2.75, 3.05) is 5.73 Å². The van der Waals surface area contributed by atoms with Crippen molar-refractivity contribution in [2.45, 2.75) is 13.3 Å². The molecule has 0 aliphatic carbocycles. The van der Waals surface area contributed by atoms with Crippen LogP contribution in [0.4, 0.5) is 5.69 Å². The minimum Gasteiger partial charge on any atom is -0.481 e. The van der Waals surface area contributed by atoms with Gasteiger partial charge in [-0.25, -0.2) is 0 Å². The molecule has 4 nitrogen and oxygen atoms in total. The van der Waals surface area contributed by atoms with Crippen LogP contribution in [-0.2, 0) is 11.2 Å². The first-order valence-electron chi connectivity index (χ1n) is 4.02. The van der Waals surface area contributed by atoms with Gasteiger partial charge in [0.15, 0.2) is 0 Å². The third kappa shape index (κ3) is 2.74. The van der Waals surface area contributed by atoms with E-state index in [4.69, 9.17) is 10.8 Å². The predicted octanol–water partition coefficient (Wildman–Crippen LogP) is 0.927. The van der Waals surface area contributed by atoms with E-state index >= 15 is 0 Å². The molecule has 1 atom stereocenters. The summed E-state index contributed by atoms with van der Waals surface area (Å²) in [6, 6.07) is 1.74. The van der Waals surface area contributed by atoms with E-state index in [1.165, 1.54) is 6.20 Å². The van der Waals surface area contributed by atoms with Crippen molar-refractivity contribution >= 4 is 11.7 Å². The molecular formula is C9H12N2O2. The van der Waals surface area contributed by atoms with Crippen molar-refractivity contribution < 1.29 is 9.90 Å². The molecule has 0 aromatic carbocycles. The number of anilines is 1. The molecule has 4 heteroatoms. The first kappa shape index (κ1) is 9.51. The standard InChI is InChI=1S/C9H12N2O2/c1-6(9(12)13)2-7-3-8(10)5-11-4-7/h3-6H,2,10H2,1H3,(H,12,13)/t6-/m0/s1. The Morgan fingerprint density at radius 1 is 1.69 bits per heavy atom. The smallest absolute Gasteiger partial charge is 0.306 e. The summed E-state index contributed by atoms with van der Waals surface area (Å²) in [5.74, 6) is -1.20. The highest BCUT2D eigenvalue weighted by atomic mass is 16.4. The molecule has 0 saturated carbocycles. The van der Waals surface area contributed by atoms with E-state index in [9.17, 15) is 4.79 Å². The molecule has 70 valence electrons. The Morgan fingerprint density at radius 3 is 2.92 bits per heavy atom. The average molecular weight is 180 g/mol. The number of hydrogen-bond donors (Lipinski definition) is 2. The summed E-state index contributed by atoms with van der Waals surface area (Å²) in [5.41, 5.74) is 6.92. The number of carboxylic acids is 1. The number of nitrogens with zero attached hydrogens (tertiary/aromatic N) is 1. The molecule has 13 heavy (non-hydrogen) atoms. The van der Waals surface area contributed by atoms with E-state index in [1.807, 2.05) is 0 Å². The van der Waals surface area contributed by atoms with Crippen LogP contribution in [0.5, 0.6) is 0 Å². The Hall–Kier alpha value is -1.58. The highest BCUT2D eigenvalue weighted by Crippen LogP contribution is 2.10. The van der Waals surface area contributed by atoms with Gasteiger partial charge in [-0.3, -0.25) is 9.78 Å². The summed E-state index contributed by atoms with van der Waals surface area (Å²) >= 11 is 0. The minimum atomic E-state index is -0.803. The zero-order valence-electron chi connectivity index (χ0n) is 7.40. The van der Waals surface area contributed by atoms with Gasteiger partial charge in [-0.2, -0.15) is 0 Å². The maximum atomic E-state index is 10.5. The van der Waals surface area contributed by atoms with Crippen molar-refractivity contribution in [2.24, 2.45) is 5.92 Å². The van der Waals surface area contributed by atoms with Gasteiger partial charge in [0, 0.05) is 12.4 Å². The number of nitrogens with two attached hydrogens (primary N) is 1. The van der Waals surface area contributed by atoms with Crippen molar-refractivity contribution in [1.29, 1.82) is 0 Å². The molecule has 0 bridgehead atoms. The summed E-state index contributed by atoms with van der Waals surface area (Å²) in [6.45, 7) is 1.66. The summed E-state index contributed by atoms with van der Waals surface area (Å²) in [6.07, 6.45) is 3.64. The Morgan fingerprint density at radius 2 is 2.38 bits per heavy atom. The molecule has 0 aliphatic rings. The Balaban J connectivity index is 2.69. The summed E-state index contributed by atoms with van der Waals surface area (Å²) < 4.78 is 0. The fraction of sp³-hybridized carbons (Fsp3) is 0.333. The monoisotopic (exact) mass is 180 g/mol. The molecule has 0 unspecified atom stereocenters. The highest BCUT2D eigenvalue weighted by molar-refractivity contribution is 5.69. The van der Waals surface area contributed by atoms with E-state index in [-0.39, 0.29) is 0 Å². The van der Waals surface area contributed by atoms with Gasteiger partial charge >= 0.3 is 5.97 Å². The number of hydrogen-bond acceptors (Lipinski definition) is 3. The fourth-order valence-corrected chi connectivity index (χ4v) is 1.06. The topological polar surface area (TPSA) is 76.2 Å². The lowest BCUT2D eigenvalue weighted by Gasteiger charge is -2.05. The second kappa shape index (κ2) is 3.89. The molecule has 1 rings (SSSR count). The molecule has 3 N–H and O–H groups in total. The number of aliphatic carboxylic acids is 1. The van der Waals surface area contributed by atoms with Crippen LogP contribution in [0, 0.1) is 5.92 Å². The number of nitrogen functional groups attached to an aromatic ring is 1. The van der Waals surface area contributed by atoms with Crippen molar-refractivity contribution in [3.63, 3.8) is 0 Å². The van der Waals surface area contributed by atoms with Gasteiger partial charge in [0.1, 0.15) is 0 Å². The summed E-state index contributed by atoms with van der Waals surface area (Å²) in [5, 5.41) is 8.66. The minimum absolute atomic E-state index is 0.399. The normalized spacial score (nSPS) is 12.4. The van der Waals surface area contributed by atoms with Crippen LogP contribution in [0.3, 0.4) is 0 Å². The predicted molar refractivity (Wildman–Crippen MR) is 49.2 cm³/mol. The maximum absolute atomic E-state index is 10.5. The molecular weight excluding hydrogens is 168 g/mol. The van der Waals surface area contributed by atoms with E-state index < -0.39 is 11.9 Å². The van der Waals surface area contributed by atoms with E-state index in [1.54, 1.807) is 19.2 Å². The van der Waals surface area contributed by atoms with Crippen LogP contribution in [0.1, 0.15) is 12.5 Å². The maximum Gasteiger partial charge on any atom is 0.306 e. The van der Waals surface area contributed by atoms with Crippen LogP contribution >= 0.6 is 0 Å². The lowest BCUT2D eigenvalue weighted by atomic mass is 10.0. The SMILES string of the molecule is C[C@@H](Cc1cncc(N)c1)C(=O)O. The van der Waals surface area contributed by atoms with E-state index in [2.05, 4.69) is 4.98 Å². The van der Waals surface area contributed by atoms with Crippen LogP contribution in [0.2, 0.25) is 0 Å². The van der Waals surface area contributed by atoms with Crippen LogP contribution in [0.15, 0.2) is 18.5 Å². The fourth-order valence-electron chi connectivity index (χ4n) is 1.06.